The van der Waals surface area contributed by atoms with Crippen molar-refractivity contribution >= 4 is 22.5 Å². The van der Waals surface area contributed by atoms with Crippen LogP contribution in [0.1, 0.15) is 53.3 Å². The van der Waals surface area contributed by atoms with Gasteiger partial charge in [-0.05, 0) is 42.0 Å². The fourth-order valence-electron chi connectivity index (χ4n) is 4.04. The van der Waals surface area contributed by atoms with Crippen LogP contribution in [0, 0.1) is 11.8 Å². The molecular weight excluding hydrogens is 364 g/mol. The number of rotatable bonds is 5. The van der Waals surface area contributed by atoms with Crippen molar-refractivity contribution < 1.29 is 14.1 Å². The van der Waals surface area contributed by atoms with Gasteiger partial charge in [-0.25, -0.2) is 0 Å². The Hall–Kier alpha value is -2.95. The number of Topliss-reactive ketones (excluding diaryl/α,β-unsaturated/α-hetero) is 1. The molecule has 0 saturated carbocycles. The number of amides is 1. The van der Waals surface area contributed by atoms with E-state index in [1.165, 1.54) is 0 Å². The summed E-state index contributed by atoms with van der Waals surface area (Å²) in [5.41, 5.74) is 1.51. The van der Waals surface area contributed by atoms with Crippen molar-refractivity contribution in [3.63, 3.8) is 0 Å². The van der Waals surface area contributed by atoms with Gasteiger partial charge in [0.2, 0.25) is 5.76 Å². The summed E-state index contributed by atoms with van der Waals surface area (Å²) in [5.74, 6) is 0.447. The lowest BCUT2D eigenvalue weighted by Crippen LogP contribution is -2.42. The number of ketones is 1. The maximum absolute atomic E-state index is 13.1. The molecule has 5 heteroatoms. The van der Waals surface area contributed by atoms with Gasteiger partial charge in [0.1, 0.15) is 0 Å². The fraction of sp³-hybridized carbons (Fsp3) is 0.375. The molecule has 0 unspecified atom stereocenters. The minimum absolute atomic E-state index is 0.103. The number of carbonyl (C=O) groups is 2. The third-order valence-corrected chi connectivity index (χ3v) is 5.50. The number of likely N-dealkylation sites (tertiary alicyclic amines) is 1. The van der Waals surface area contributed by atoms with Crippen LogP contribution in [0.25, 0.3) is 10.8 Å². The van der Waals surface area contributed by atoms with E-state index < -0.39 is 0 Å². The van der Waals surface area contributed by atoms with Gasteiger partial charge in [-0.1, -0.05) is 55.4 Å². The van der Waals surface area contributed by atoms with E-state index in [0.717, 1.165) is 35.7 Å². The molecule has 3 aromatic rings. The van der Waals surface area contributed by atoms with Gasteiger partial charge >= 0.3 is 0 Å². The van der Waals surface area contributed by atoms with Crippen molar-refractivity contribution in [2.75, 3.05) is 13.1 Å². The molecule has 4 rings (SSSR count). The minimum atomic E-state index is -0.188. The van der Waals surface area contributed by atoms with Crippen molar-refractivity contribution in [3.05, 3.63) is 65.5 Å². The van der Waals surface area contributed by atoms with Gasteiger partial charge in [0, 0.05) is 30.6 Å². The Balaban J connectivity index is 1.47. The molecule has 1 amide bonds. The summed E-state index contributed by atoms with van der Waals surface area (Å²) >= 11 is 0. The molecule has 1 aliphatic rings. The smallest absolute Gasteiger partial charge is 0.292 e. The zero-order valence-corrected chi connectivity index (χ0v) is 16.9. The Morgan fingerprint density at radius 2 is 1.93 bits per heavy atom. The third kappa shape index (κ3) is 4.24. The van der Waals surface area contributed by atoms with Gasteiger partial charge in [-0.15, -0.1) is 0 Å². The van der Waals surface area contributed by atoms with E-state index in [1.807, 2.05) is 42.5 Å². The van der Waals surface area contributed by atoms with Gasteiger partial charge in [-0.3, -0.25) is 9.59 Å². The Bertz CT molecular complexity index is 1040. The maximum Gasteiger partial charge on any atom is 0.292 e. The maximum atomic E-state index is 13.1. The normalized spacial score (nSPS) is 17.1. The molecule has 2 aromatic carbocycles. The predicted octanol–water partition coefficient (Wildman–Crippen LogP) is 4.76. The van der Waals surface area contributed by atoms with Crippen LogP contribution in [-0.2, 0) is 6.42 Å². The highest BCUT2D eigenvalue weighted by molar-refractivity contribution is 6.02. The number of hydrogen-bond acceptors (Lipinski definition) is 4. The summed E-state index contributed by atoms with van der Waals surface area (Å²) in [6.07, 6.45) is 2.38. The molecule has 1 aromatic heterocycles. The van der Waals surface area contributed by atoms with Gasteiger partial charge in [0.05, 0.1) is 5.69 Å². The molecule has 5 nitrogen and oxygen atoms in total. The lowest BCUT2D eigenvalue weighted by molar-refractivity contribution is 0.0602. The van der Waals surface area contributed by atoms with Crippen LogP contribution in [0.3, 0.4) is 0 Å². The van der Waals surface area contributed by atoms with E-state index in [2.05, 4.69) is 19.0 Å². The van der Waals surface area contributed by atoms with Crippen LogP contribution in [0.5, 0.6) is 0 Å². The van der Waals surface area contributed by atoms with E-state index in [0.29, 0.717) is 24.6 Å². The van der Waals surface area contributed by atoms with E-state index in [-0.39, 0.29) is 23.4 Å². The molecule has 1 atom stereocenters. The number of carbonyl (C=O) groups excluding carboxylic acids is 2. The molecule has 29 heavy (non-hydrogen) atoms. The van der Waals surface area contributed by atoms with E-state index in [9.17, 15) is 9.59 Å². The standard InChI is InChI=1S/C24H26N2O3/c1-16(2)12-21-14-22(29-25-21)24(28)26-11-5-8-20(15-26)23(27)19-10-9-17-6-3-4-7-18(17)13-19/h3-4,6-7,9-10,13-14,16,20H,5,8,11-12,15H2,1-2H3/t20-/m1/s1. The van der Waals surface area contributed by atoms with E-state index in [1.54, 1.807) is 11.0 Å². The fourth-order valence-corrected chi connectivity index (χ4v) is 4.04. The number of piperidine rings is 1. The summed E-state index contributed by atoms with van der Waals surface area (Å²) < 4.78 is 5.28. The molecule has 0 bridgehead atoms. The Kier molecular flexibility index (Phi) is 5.47. The van der Waals surface area contributed by atoms with Crippen LogP contribution in [-0.4, -0.2) is 34.8 Å². The highest BCUT2D eigenvalue weighted by Gasteiger charge is 2.31. The highest BCUT2D eigenvalue weighted by Crippen LogP contribution is 2.25. The molecule has 0 radical (unpaired) electrons. The van der Waals surface area contributed by atoms with Crippen molar-refractivity contribution in [3.8, 4) is 0 Å². The summed E-state index contributed by atoms with van der Waals surface area (Å²) in [5, 5.41) is 6.19. The minimum Gasteiger partial charge on any atom is -0.351 e. The first kappa shape index (κ1) is 19.4. The molecule has 0 spiro atoms. The largest absolute Gasteiger partial charge is 0.351 e. The summed E-state index contributed by atoms with van der Waals surface area (Å²) in [7, 11) is 0. The molecule has 1 saturated heterocycles. The molecule has 0 N–H and O–H groups in total. The number of nitrogens with zero attached hydrogens (tertiary/aromatic N) is 2. The molecule has 0 aliphatic carbocycles. The monoisotopic (exact) mass is 390 g/mol. The molecular formula is C24H26N2O3. The number of hydrogen-bond donors (Lipinski definition) is 0. The number of aromatic nitrogens is 1. The van der Waals surface area contributed by atoms with Crippen LogP contribution >= 0.6 is 0 Å². The van der Waals surface area contributed by atoms with Crippen LogP contribution in [0.15, 0.2) is 53.1 Å². The zero-order chi connectivity index (χ0) is 20.4. The lowest BCUT2D eigenvalue weighted by Gasteiger charge is -2.31. The molecule has 2 heterocycles. The van der Waals surface area contributed by atoms with E-state index in [4.69, 9.17) is 4.52 Å². The van der Waals surface area contributed by atoms with Gasteiger partial charge < -0.3 is 9.42 Å². The Morgan fingerprint density at radius 3 is 2.72 bits per heavy atom. The van der Waals surface area contributed by atoms with Crippen molar-refractivity contribution in [1.29, 1.82) is 0 Å². The van der Waals surface area contributed by atoms with Crippen molar-refractivity contribution in [2.24, 2.45) is 11.8 Å². The van der Waals surface area contributed by atoms with Crippen molar-refractivity contribution in [1.82, 2.24) is 10.1 Å². The van der Waals surface area contributed by atoms with Crippen LogP contribution < -0.4 is 0 Å². The number of benzene rings is 2. The summed E-state index contributed by atoms with van der Waals surface area (Å²) in [4.78, 5) is 27.7. The Labute approximate surface area is 170 Å². The molecule has 1 aliphatic heterocycles. The SMILES string of the molecule is CC(C)Cc1cc(C(=O)N2CCC[C@@H](C(=O)c3ccc4ccccc4c3)C2)on1. The van der Waals surface area contributed by atoms with Gasteiger partial charge in [0.15, 0.2) is 5.78 Å². The lowest BCUT2D eigenvalue weighted by atomic mass is 9.89. The second-order valence-electron chi connectivity index (χ2n) is 8.30. The first-order valence-electron chi connectivity index (χ1n) is 10.3. The van der Waals surface area contributed by atoms with Gasteiger partial charge in [0.25, 0.3) is 5.91 Å². The molecule has 150 valence electrons. The zero-order valence-electron chi connectivity index (χ0n) is 16.9. The average molecular weight is 390 g/mol. The van der Waals surface area contributed by atoms with E-state index >= 15 is 0 Å². The summed E-state index contributed by atoms with van der Waals surface area (Å²) in [6, 6.07) is 15.6. The third-order valence-electron chi connectivity index (χ3n) is 5.50. The second kappa shape index (κ2) is 8.19. The van der Waals surface area contributed by atoms with Crippen LogP contribution in [0.4, 0.5) is 0 Å². The predicted molar refractivity (Wildman–Crippen MR) is 112 cm³/mol. The quantitative estimate of drug-likeness (QED) is 0.589. The topological polar surface area (TPSA) is 63.4 Å². The average Bonchev–Trinajstić information content (AvgIpc) is 3.20. The Morgan fingerprint density at radius 1 is 1.14 bits per heavy atom. The van der Waals surface area contributed by atoms with Gasteiger partial charge in [-0.2, -0.15) is 0 Å². The highest BCUT2D eigenvalue weighted by atomic mass is 16.5. The first-order chi connectivity index (χ1) is 14.0. The summed E-state index contributed by atoms with van der Waals surface area (Å²) in [6.45, 7) is 5.26. The van der Waals surface area contributed by atoms with Crippen LogP contribution in [0.2, 0.25) is 0 Å². The second-order valence-corrected chi connectivity index (χ2v) is 8.30. The number of fused-ring (bicyclic) bond motifs is 1. The molecule has 1 fully saturated rings. The first-order valence-corrected chi connectivity index (χ1v) is 10.3. The van der Waals surface area contributed by atoms with Crippen molar-refractivity contribution in [2.45, 2.75) is 33.1 Å².